The van der Waals surface area contributed by atoms with E-state index < -0.39 is 5.97 Å². The van der Waals surface area contributed by atoms with Gasteiger partial charge in [0.2, 0.25) is 11.9 Å². The fraction of sp³-hybridized carbons (Fsp3) is 0.0800. The molecule has 170 valence electrons. The van der Waals surface area contributed by atoms with E-state index in [0.29, 0.717) is 5.69 Å². The molecule has 9 nitrogen and oxygen atoms in total. The second-order valence-electron chi connectivity index (χ2n) is 7.25. The average molecular weight is 454 g/mol. The molecule has 0 bridgehead atoms. The zero-order chi connectivity index (χ0) is 23.9. The highest BCUT2D eigenvalue weighted by Crippen LogP contribution is 2.19. The number of para-hydroxylation sites is 2. The van der Waals surface area contributed by atoms with Crippen LogP contribution in [0.1, 0.15) is 26.5 Å². The Morgan fingerprint density at radius 3 is 2.18 bits per heavy atom. The largest absolute Gasteiger partial charge is 0.454 e. The van der Waals surface area contributed by atoms with Crippen LogP contribution in [-0.4, -0.2) is 33.9 Å². The summed E-state index contributed by atoms with van der Waals surface area (Å²) >= 11 is 0. The zero-order valence-electron chi connectivity index (χ0n) is 18.4. The Morgan fingerprint density at radius 1 is 0.853 bits per heavy atom. The van der Waals surface area contributed by atoms with E-state index in [1.807, 2.05) is 60.7 Å². The number of carbonyl (C=O) groups is 2. The van der Waals surface area contributed by atoms with E-state index >= 15 is 0 Å². The molecule has 3 aromatic carbocycles. The topological polar surface area (TPSA) is 123 Å². The maximum atomic E-state index is 13.1. The summed E-state index contributed by atoms with van der Waals surface area (Å²) in [6.07, 6.45) is 0. The van der Waals surface area contributed by atoms with E-state index in [0.717, 1.165) is 5.69 Å². The Morgan fingerprint density at radius 2 is 1.47 bits per heavy atom. The summed E-state index contributed by atoms with van der Waals surface area (Å²) in [4.78, 5) is 39.7. The highest BCUT2D eigenvalue weighted by atomic mass is 16.5. The standard InChI is InChI=1S/C25H22N6O3/c1-31(18-12-6-3-7-13-18)22(32)19-14-8-9-15-20(19)23(33)34-16-21-28-24(26)30-25(29-21)27-17-10-4-2-5-11-17/h2-15H,16H2,1H3,(H3,26,27,28,29,30). The Hall–Kier alpha value is -4.79. The quantitative estimate of drug-likeness (QED) is 0.404. The molecule has 0 fully saturated rings. The molecule has 1 aromatic heterocycles. The van der Waals surface area contributed by atoms with Crippen molar-refractivity contribution >= 4 is 35.1 Å². The van der Waals surface area contributed by atoms with Crippen LogP contribution in [0.25, 0.3) is 0 Å². The molecule has 0 aliphatic heterocycles. The normalized spacial score (nSPS) is 10.4. The number of nitrogens with one attached hydrogen (secondary N) is 1. The molecule has 0 saturated carbocycles. The smallest absolute Gasteiger partial charge is 0.339 e. The fourth-order valence-corrected chi connectivity index (χ4v) is 3.21. The average Bonchev–Trinajstić information content (AvgIpc) is 2.87. The van der Waals surface area contributed by atoms with Crippen LogP contribution in [0.5, 0.6) is 0 Å². The SMILES string of the molecule is CN(C(=O)c1ccccc1C(=O)OCc1nc(N)nc(Nc2ccccc2)n1)c1ccccc1. The van der Waals surface area contributed by atoms with Gasteiger partial charge in [0.15, 0.2) is 12.4 Å². The summed E-state index contributed by atoms with van der Waals surface area (Å²) in [5, 5.41) is 3.02. The van der Waals surface area contributed by atoms with E-state index in [2.05, 4.69) is 20.3 Å². The summed E-state index contributed by atoms with van der Waals surface area (Å²) in [6.45, 7) is -0.244. The van der Waals surface area contributed by atoms with Gasteiger partial charge >= 0.3 is 5.97 Å². The third kappa shape index (κ3) is 5.33. The van der Waals surface area contributed by atoms with Gasteiger partial charge in [-0.15, -0.1) is 0 Å². The van der Waals surface area contributed by atoms with Crippen LogP contribution in [0, 0.1) is 0 Å². The predicted octanol–water partition coefficient (Wildman–Crippen LogP) is 3.83. The molecule has 4 rings (SSSR count). The number of benzene rings is 3. The molecule has 34 heavy (non-hydrogen) atoms. The summed E-state index contributed by atoms with van der Waals surface area (Å²) < 4.78 is 5.40. The van der Waals surface area contributed by atoms with Gasteiger partial charge in [-0.1, -0.05) is 48.5 Å². The van der Waals surface area contributed by atoms with Crippen molar-refractivity contribution in [3.8, 4) is 0 Å². The van der Waals surface area contributed by atoms with Gasteiger partial charge in [-0.25, -0.2) is 4.79 Å². The molecule has 0 saturated heterocycles. The van der Waals surface area contributed by atoms with Gasteiger partial charge in [-0.2, -0.15) is 15.0 Å². The van der Waals surface area contributed by atoms with Gasteiger partial charge in [0.05, 0.1) is 11.1 Å². The number of nitrogen functional groups attached to an aromatic ring is 1. The van der Waals surface area contributed by atoms with Gasteiger partial charge in [-0.3, -0.25) is 4.79 Å². The molecular weight excluding hydrogens is 432 g/mol. The number of amides is 1. The van der Waals surface area contributed by atoms with E-state index in [9.17, 15) is 9.59 Å². The van der Waals surface area contributed by atoms with Gasteiger partial charge in [-0.05, 0) is 36.4 Å². The number of nitrogens with two attached hydrogens (primary N) is 1. The summed E-state index contributed by atoms with van der Waals surface area (Å²) in [7, 11) is 1.65. The number of hydrogen-bond acceptors (Lipinski definition) is 8. The molecule has 0 spiro atoms. The van der Waals surface area contributed by atoms with Crippen molar-refractivity contribution in [2.45, 2.75) is 6.61 Å². The van der Waals surface area contributed by atoms with Crippen molar-refractivity contribution in [1.29, 1.82) is 0 Å². The minimum atomic E-state index is -0.679. The lowest BCUT2D eigenvalue weighted by Gasteiger charge is -2.18. The van der Waals surface area contributed by atoms with Crippen LogP contribution in [-0.2, 0) is 11.3 Å². The van der Waals surface area contributed by atoms with Crippen molar-refractivity contribution in [2.24, 2.45) is 0 Å². The first kappa shape index (κ1) is 22.4. The van der Waals surface area contributed by atoms with Crippen molar-refractivity contribution in [3.05, 3.63) is 102 Å². The minimum absolute atomic E-state index is 0.0143. The highest BCUT2D eigenvalue weighted by Gasteiger charge is 2.22. The van der Waals surface area contributed by atoms with E-state index in [-0.39, 0.29) is 41.4 Å². The molecule has 0 aliphatic rings. The third-order valence-corrected chi connectivity index (χ3v) is 4.89. The second-order valence-corrected chi connectivity index (χ2v) is 7.25. The summed E-state index contributed by atoms with van der Waals surface area (Å²) in [5.74, 6) is -0.631. The van der Waals surface area contributed by atoms with Crippen LogP contribution in [0.4, 0.5) is 23.3 Å². The number of anilines is 4. The van der Waals surface area contributed by atoms with Crippen LogP contribution in [0.2, 0.25) is 0 Å². The van der Waals surface area contributed by atoms with E-state index in [1.54, 1.807) is 31.3 Å². The molecule has 9 heteroatoms. The number of esters is 1. The Balaban J connectivity index is 1.48. The van der Waals surface area contributed by atoms with Gasteiger partial charge in [0.25, 0.3) is 5.91 Å². The van der Waals surface area contributed by atoms with E-state index in [4.69, 9.17) is 10.5 Å². The molecule has 1 amide bonds. The molecule has 4 aromatic rings. The number of carbonyl (C=O) groups excluding carboxylic acids is 2. The Labute approximate surface area is 196 Å². The second kappa shape index (κ2) is 10.2. The lowest BCUT2D eigenvalue weighted by molar-refractivity contribution is 0.0459. The molecule has 1 heterocycles. The fourth-order valence-electron chi connectivity index (χ4n) is 3.21. The van der Waals surface area contributed by atoms with Crippen molar-refractivity contribution in [1.82, 2.24) is 15.0 Å². The first-order valence-electron chi connectivity index (χ1n) is 10.4. The number of hydrogen-bond donors (Lipinski definition) is 2. The van der Waals surface area contributed by atoms with Crippen LogP contribution < -0.4 is 16.0 Å². The lowest BCUT2D eigenvalue weighted by Crippen LogP contribution is -2.28. The zero-order valence-corrected chi connectivity index (χ0v) is 18.4. The monoisotopic (exact) mass is 454 g/mol. The van der Waals surface area contributed by atoms with Gasteiger partial charge in [0.1, 0.15) is 0 Å². The van der Waals surface area contributed by atoms with Crippen molar-refractivity contribution in [2.75, 3.05) is 23.0 Å². The van der Waals surface area contributed by atoms with Crippen molar-refractivity contribution in [3.63, 3.8) is 0 Å². The van der Waals surface area contributed by atoms with E-state index in [1.165, 1.54) is 4.90 Å². The maximum absolute atomic E-state index is 13.1. The van der Waals surface area contributed by atoms with Gasteiger partial charge < -0.3 is 20.7 Å². The summed E-state index contributed by atoms with van der Waals surface area (Å²) in [5.41, 5.74) is 7.62. The molecule has 0 atom stereocenters. The number of nitrogens with zero attached hydrogens (tertiary/aromatic N) is 4. The highest BCUT2D eigenvalue weighted by molar-refractivity contribution is 6.11. The van der Waals surface area contributed by atoms with Crippen LogP contribution in [0.3, 0.4) is 0 Å². The first-order valence-corrected chi connectivity index (χ1v) is 10.4. The van der Waals surface area contributed by atoms with Crippen LogP contribution in [0.15, 0.2) is 84.9 Å². The summed E-state index contributed by atoms with van der Waals surface area (Å²) in [6, 6.07) is 24.9. The lowest BCUT2D eigenvalue weighted by atomic mass is 10.1. The van der Waals surface area contributed by atoms with Crippen molar-refractivity contribution < 1.29 is 14.3 Å². The molecule has 0 radical (unpaired) electrons. The maximum Gasteiger partial charge on any atom is 0.339 e. The predicted molar refractivity (Wildman–Crippen MR) is 129 cm³/mol. The third-order valence-electron chi connectivity index (χ3n) is 4.89. The Bertz CT molecular complexity index is 1300. The molecule has 0 unspecified atom stereocenters. The van der Waals surface area contributed by atoms with Crippen LogP contribution >= 0.6 is 0 Å². The molecule has 3 N–H and O–H groups in total. The number of ether oxygens (including phenoxy) is 1. The molecule has 0 aliphatic carbocycles. The molecular formula is C25H22N6O3. The number of aromatic nitrogens is 3. The Kier molecular flexibility index (Phi) is 6.73. The van der Waals surface area contributed by atoms with Gasteiger partial charge in [0, 0.05) is 18.4 Å². The number of rotatable bonds is 7. The minimum Gasteiger partial charge on any atom is -0.454 e. The first-order chi connectivity index (χ1) is 16.5.